The fourth-order valence-electron chi connectivity index (χ4n) is 1.35. The molecule has 0 aliphatic heterocycles. The van der Waals surface area contributed by atoms with Gasteiger partial charge in [-0.15, -0.1) is 0 Å². The number of halogens is 3. The van der Waals surface area contributed by atoms with E-state index in [0.29, 0.717) is 17.0 Å². The van der Waals surface area contributed by atoms with Crippen LogP contribution >= 0.6 is 0 Å². The summed E-state index contributed by atoms with van der Waals surface area (Å²) in [4.78, 5) is 22.0. The average molecular weight is 247 g/mol. The largest absolute Gasteiger partial charge is 0.479 e. The number of likely N-dealkylation sites (N-methyl/N-ethyl adjacent to an activating group) is 1. The highest BCUT2D eigenvalue weighted by atomic mass is 19.2. The number of rotatable bonds is 4. The highest BCUT2D eigenvalue weighted by Crippen LogP contribution is 2.22. The fourth-order valence-corrected chi connectivity index (χ4v) is 1.35. The molecule has 1 aromatic carbocycles. The van der Waals surface area contributed by atoms with Crippen molar-refractivity contribution in [3.8, 4) is 0 Å². The lowest BCUT2D eigenvalue weighted by Crippen LogP contribution is -2.30. The van der Waals surface area contributed by atoms with E-state index in [1.54, 1.807) is 0 Å². The molecule has 0 saturated heterocycles. The quantitative estimate of drug-likeness (QED) is 0.644. The van der Waals surface area contributed by atoms with Crippen LogP contribution < -0.4 is 0 Å². The van der Waals surface area contributed by atoms with E-state index >= 15 is 0 Å². The van der Waals surface area contributed by atoms with E-state index in [0.717, 1.165) is 7.05 Å². The van der Waals surface area contributed by atoms with Gasteiger partial charge in [0, 0.05) is 7.05 Å². The molecule has 1 aromatic rings. The summed E-state index contributed by atoms with van der Waals surface area (Å²) in [6.07, 6.45) is 0.192. The Balaban J connectivity index is 3.29. The highest BCUT2D eigenvalue weighted by molar-refractivity contribution is 5.78. The van der Waals surface area contributed by atoms with Crippen LogP contribution in [0, 0.1) is 17.5 Å². The lowest BCUT2D eigenvalue weighted by Gasteiger charge is -2.20. The van der Waals surface area contributed by atoms with E-state index in [1.165, 1.54) is 0 Å². The van der Waals surface area contributed by atoms with Crippen molar-refractivity contribution in [3.63, 3.8) is 0 Å². The lowest BCUT2D eigenvalue weighted by molar-refractivity contribution is -0.145. The van der Waals surface area contributed by atoms with Gasteiger partial charge >= 0.3 is 5.97 Å². The molecular formula is C10H8F3NO3. The maximum atomic E-state index is 12.9. The number of nitrogens with zero attached hydrogens (tertiary/aromatic N) is 1. The van der Waals surface area contributed by atoms with Gasteiger partial charge in [0.1, 0.15) is 0 Å². The van der Waals surface area contributed by atoms with Gasteiger partial charge in [-0.1, -0.05) is 0 Å². The minimum absolute atomic E-state index is 0.192. The minimum Gasteiger partial charge on any atom is -0.479 e. The van der Waals surface area contributed by atoms with Crippen LogP contribution in [0.15, 0.2) is 12.1 Å². The number of amides is 1. The molecule has 1 unspecified atom stereocenters. The zero-order valence-corrected chi connectivity index (χ0v) is 8.65. The maximum Gasteiger partial charge on any atom is 0.331 e. The van der Waals surface area contributed by atoms with E-state index < -0.39 is 29.5 Å². The molecule has 92 valence electrons. The number of hydrogen-bond donors (Lipinski definition) is 1. The minimum atomic E-state index is -1.69. The second-order valence-corrected chi connectivity index (χ2v) is 3.31. The molecule has 0 spiro atoms. The van der Waals surface area contributed by atoms with Gasteiger partial charge in [-0.2, -0.15) is 0 Å². The van der Waals surface area contributed by atoms with Crippen LogP contribution in [-0.4, -0.2) is 29.4 Å². The van der Waals surface area contributed by atoms with E-state index in [9.17, 15) is 22.8 Å². The van der Waals surface area contributed by atoms with Gasteiger partial charge in [-0.05, 0) is 17.7 Å². The molecule has 1 N–H and O–H groups in total. The monoisotopic (exact) mass is 247 g/mol. The molecule has 0 fully saturated rings. The number of carboxylic acids is 1. The van der Waals surface area contributed by atoms with Crippen molar-refractivity contribution >= 4 is 12.4 Å². The lowest BCUT2D eigenvalue weighted by atomic mass is 10.1. The van der Waals surface area contributed by atoms with Gasteiger partial charge in [-0.3, -0.25) is 4.79 Å². The van der Waals surface area contributed by atoms with Crippen molar-refractivity contribution in [2.24, 2.45) is 0 Å². The summed E-state index contributed by atoms with van der Waals surface area (Å²) in [7, 11) is 1.13. The molecule has 0 aliphatic carbocycles. The van der Waals surface area contributed by atoms with Crippen LogP contribution in [0.1, 0.15) is 11.6 Å². The fraction of sp³-hybridized carbons (Fsp3) is 0.200. The van der Waals surface area contributed by atoms with Crippen LogP contribution in [-0.2, 0) is 9.59 Å². The molecule has 0 aliphatic rings. The summed E-state index contributed by atoms with van der Waals surface area (Å²) in [6.45, 7) is 0. The summed E-state index contributed by atoms with van der Waals surface area (Å²) in [5.41, 5.74) is -0.358. The first-order valence-corrected chi connectivity index (χ1v) is 4.43. The van der Waals surface area contributed by atoms with Crippen LogP contribution in [0.5, 0.6) is 0 Å². The number of carbonyl (C=O) groups is 2. The smallest absolute Gasteiger partial charge is 0.331 e. The highest BCUT2D eigenvalue weighted by Gasteiger charge is 2.26. The molecule has 0 bridgehead atoms. The Labute approximate surface area is 94.3 Å². The topological polar surface area (TPSA) is 57.6 Å². The summed E-state index contributed by atoms with van der Waals surface area (Å²) in [5.74, 6) is -6.19. The molecule has 4 nitrogen and oxygen atoms in total. The van der Waals surface area contributed by atoms with Crippen molar-refractivity contribution in [2.45, 2.75) is 6.04 Å². The number of carboxylic acid groups (broad SMARTS) is 1. The summed E-state index contributed by atoms with van der Waals surface area (Å²) < 4.78 is 38.5. The Morgan fingerprint density at radius 3 is 2.18 bits per heavy atom. The van der Waals surface area contributed by atoms with Crippen LogP contribution in [0.2, 0.25) is 0 Å². The number of hydrogen-bond acceptors (Lipinski definition) is 2. The van der Waals surface area contributed by atoms with Crippen molar-refractivity contribution in [3.05, 3.63) is 35.1 Å². The normalized spacial score (nSPS) is 12.0. The van der Waals surface area contributed by atoms with Gasteiger partial charge < -0.3 is 10.0 Å². The van der Waals surface area contributed by atoms with Crippen molar-refractivity contribution < 1.29 is 27.9 Å². The summed E-state index contributed by atoms with van der Waals surface area (Å²) in [5, 5.41) is 8.84. The molecule has 7 heteroatoms. The molecule has 1 atom stereocenters. The Bertz CT molecular complexity index is 441. The summed E-state index contributed by atoms with van der Waals surface area (Å²) >= 11 is 0. The zero-order valence-electron chi connectivity index (χ0n) is 8.65. The zero-order chi connectivity index (χ0) is 13.2. The third-order valence-corrected chi connectivity index (χ3v) is 2.13. The Kier molecular flexibility index (Phi) is 3.72. The second kappa shape index (κ2) is 4.86. The van der Waals surface area contributed by atoms with Gasteiger partial charge in [0.15, 0.2) is 23.5 Å². The first-order chi connectivity index (χ1) is 7.88. The van der Waals surface area contributed by atoms with Crippen LogP contribution in [0.4, 0.5) is 13.2 Å². The van der Waals surface area contributed by atoms with Crippen molar-refractivity contribution in [2.75, 3.05) is 7.05 Å². The molecule has 1 rings (SSSR count). The molecule has 1 amide bonds. The Morgan fingerprint density at radius 1 is 1.35 bits per heavy atom. The Hall–Kier alpha value is -2.05. The van der Waals surface area contributed by atoms with Gasteiger partial charge in [0.05, 0.1) is 0 Å². The van der Waals surface area contributed by atoms with Crippen molar-refractivity contribution in [1.29, 1.82) is 0 Å². The molecule has 0 radical (unpaired) electrons. The SMILES string of the molecule is CN(C=O)C(C(=O)O)c1cc(F)c(F)c(F)c1. The third-order valence-electron chi connectivity index (χ3n) is 2.13. The summed E-state index contributed by atoms with van der Waals surface area (Å²) in [6, 6.07) is -0.494. The molecule has 17 heavy (non-hydrogen) atoms. The molecule has 0 aromatic heterocycles. The van der Waals surface area contributed by atoms with E-state index in [4.69, 9.17) is 5.11 Å². The van der Waals surface area contributed by atoms with E-state index in [-0.39, 0.29) is 12.0 Å². The van der Waals surface area contributed by atoms with Crippen LogP contribution in [0.25, 0.3) is 0 Å². The molecule has 0 heterocycles. The predicted octanol–water partition coefficient (Wildman–Crippen LogP) is 1.32. The van der Waals surface area contributed by atoms with Gasteiger partial charge in [-0.25, -0.2) is 18.0 Å². The standard InChI is InChI=1S/C10H8F3NO3/c1-14(4-15)9(10(16)17)5-2-6(11)8(13)7(12)3-5/h2-4,9H,1H3,(H,16,17). The first-order valence-electron chi connectivity index (χ1n) is 4.43. The predicted molar refractivity (Wildman–Crippen MR) is 50.5 cm³/mol. The van der Waals surface area contributed by atoms with E-state index in [2.05, 4.69) is 0 Å². The second-order valence-electron chi connectivity index (χ2n) is 3.31. The number of aliphatic carboxylic acids is 1. The van der Waals surface area contributed by atoms with Gasteiger partial charge in [0.2, 0.25) is 6.41 Å². The maximum absolute atomic E-state index is 12.9. The number of carbonyl (C=O) groups excluding carboxylic acids is 1. The average Bonchev–Trinajstić information content (AvgIpc) is 2.25. The Morgan fingerprint density at radius 2 is 1.82 bits per heavy atom. The molecule has 0 saturated carbocycles. The first kappa shape index (κ1) is 13.0. The molecular weight excluding hydrogens is 239 g/mol. The van der Waals surface area contributed by atoms with E-state index in [1.807, 2.05) is 0 Å². The van der Waals surface area contributed by atoms with Crippen molar-refractivity contribution in [1.82, 2.24) is 4.90 Å². The third kappa shape index (κ3) is 2.55. The van der Waals surface area contributed by atoms with Crippen LogP contribution in [0.3, 0.4) is 0 Å². The van der Waals surface area contributed by atoms with Gasteiger partial charge in [0.25, 0.3) is 0 Å². The number of benzene rings is 1.